The predicted molar refractivity (Wildman–Crippen MR) is 125 cm³/mol. The first-order valence-corrected chi connectivity index (χ1v) is 12.0. The van der Waals surface area contributed by atoms with Gasteiger partial charge >= 0.3 is 5.97 Å². The summed E-state index contributed by atoms with van der Waals surface area (Å²) in [7, 11) is -3.82. The number of aliphatic carboxylic acids is 1. The Hall–Kier alpha value is -3.03. The van der Waals surface area contributed by atoms with Crippen LogP contribution in [0.5, 0.6) is 0 Å². The van der Waals surface area contributed by atoms with Gasteiger partial charge in [0, 0.05) is 31.4 Å². The highest BCUT2D eigenvalue weighted by molar-refractivity contribution is 7.89. The quantitative estimate of drug-likeness (QED) is 0.495. The summed E-state index contributed by atoms with van der Waals surface area (Å²) in [5, 5.41) is 9.05. The van der Waals surface area contributed by atoms with Gasteiger partial charge in [-0.05, 0) is 79.3 Å². The molecule has 7 heteroatoms. The van der Waals surface area contributed by atoms with E-state index in [2.05, 4.69) is 4.98 Å². The summed E-state index contributed by atoms with van der Waals surface area (Å²) in [6, 6.07) is 16.0. The van der Waals surface area contributed by atoms with Crippen molar-refractivity contribution >= 4 is 16.0 Å². The Morgan fingerprint density at radius 3 is 2.53 bits per heavy atom. The lowest BCUT2D eigenvalue weighted by Crippen LogP contribution is -2.35. The number of hydrogen-bond donors (Lipinski definition) is 1. The minimum absolute atomic E-state index is 0.0944. The smallest absolute Gasteiger partial charge is 0.303 e. The summed E-state index contributed by atoms with van der Waals surface area (Å²) in [6.07, 6.45) is 3.67. The van der Waals surface area contributed by atoms with Crippen molar-refractivity contribution < 1.29 is 18.3 Å². The lowest BCUT2D eigenvalue weighted by atomic mass is 9.98. The molecule has 3 aromatic rings. The van der Waals surface area contributed by atoms with Gasteiger partial charge in [0.1, 0.15) is 0 Å². The monoisotopic (exact) mass is 452 g/mol. The largest absolute Gasteiger partial charge is 0.481 e. The van der Waals surface area contributed by atoms with Crippen LogP contribution < -0.4 is 0 Å². The number of carboxylic acid groups (broad SMARTS) is 1. The molecule has 32 heavy (non-hydrogen) atoms. The van der Waals surface area contributed by atoms with E-state index in [1.165, 1.54) is 4.31 Å². The third kappa shape index (κ3) is 5.41. The number of aryl methyl sites for hydroxylation is 2. The Bertz CT molecular complexity index is 1210. The van der Waals surface area contributed by atoms with E-state index in [0.29, 0.717) is 0 Å². The van der Waals surface area contributed by atoms with Gasteiger partial charge < -0.3 is 5.11 Å². The number of aromatic nitrogens is 1. The second-order valence-electron chi connectivity index (χ2n) is 7.92. The van der Waals surface area contributed by atoms with Crippen LogP contribution in [0.3, 0.4) is 0 Å². The van der Waals surface area contributed by atoms with E-state index in [0.717, 1.165) is 27.8 Å². The van der Waals surface area contributed by atoms with Crippen molar-refractivity contribution in [1.29, 1.82) is 0 Å². The summed E-state index contributed by atoms with van der Waals surface area (Å²) in [6.45, 7) is 5.78. The lowest BCUT2D eigenvalue weighted by molar-refractivity contribution is -0.137. The van der Waals surface area contributed by atoms with Gasteiger partial charge in [-0.1, -0.05) is 30.3 Å². The van der Waals surface area contributed by atoms with Crippen LogP contribution >= 0.6 is 0 Å². The van der Waals surface area contributed by atoms with Crippen molar-refractivity contribution in [3.05, 3.63) is 83.7 Å². The van der Waals surface area contributed by atoms with Crippen LogP contribution in [0, 0.1) is 13.8 Å². The first-order valence-electron chi connectivity index (χ1n) is 10.5. The van der Waals surface area contributed by atoms with Crippen molar-refractivity contribution in [1.82, 2.24) is 9.29 Å². The van der Waals surface area contributed by atoms with Crippen LogP contribution in [0.2, 0.25) is 0 Å². The summed E-state index contributed by atoms with van der Waals surface area (Å²) < 4.78 is 28.5. The minimum Gasteiger partial charge on any atom is -0.481 e. The van der Waals surface area contributed by atoms with Crippen LogP contribution in [-0.4, -0.2) is 35.3 Å². The average molecular weight is 453 g/mol. The van der Waals surface area contributed by atoms with Crippen molar-refractivity contribution in [2.24, 2.45) is 0 Å². The summed E-state index contributed by atoms with van der Waals surface area (Å²) >= 11 is 0. The van der Waals surface area contributed by atoms with Crippen molar-refractivity contribution in [3.8, 4) is 11.1 Å². The Balaban J connectivity index is 2.00. The van der Waals surface area contributed by atoms with E-state index in [-0.39, 0.29) is 24.3 Å². The summed E-state index contributed by atoms with van der Waals surface area (Å²) in [5.41, 5.74) is 4.73. The zero-order chi connectivity index (χ0) is 23.3. The number of nitrogens with zero attached hydrogens (tertiary/aromatic N) is 2. The van der Waals surface area contributed by atoms with E-state index in [9.17, 15) is 13.2 Å². The predicted octanol–water partition coefficient (Wildman–Crippen LogP) is 4.98. The molecule has 1 aromatic heterocycles. The molecule has 1 heterocycles. The first kappa shape index (κ1) is 23.6. The Kier molecular flexibility index (Phi) is 7.43. The minimum atomic E-state index is -3.82. The van der Waals surface area contributed by atoms with Gasteiger partial charge in [-0.3, -0.25) is 9.78 Å². The van der Waals surface area contributed by atoms with Gasteiger partial charge in [-0.25, -0.2) is 8.42 Å². The van der Waals surface area contributed by atoms with Crippen LogP contribution in [0.15, 0.2) is 71.9 Å². The number of hydrogen-bond acceptors (Lipinski definition) is 4. The summed E-state index contributed by atoms with van der Waals surface area (Å²) in [4.78, 5) is 15.4. The van der Waals surface area contributed by atoms with Gasteiger partial charge in [0.25, 0.3) is 0 Å². The maximum atomic E-state index is 13.6. The van der Waals surface area contributed by atoms with Crippen LogP contribution in [-0.2, 0) is 14.8 Å². The molecule has 6 nitrogen and oxygen atoms in total. The third-order valence-corrected chi connectivity index (χ3v) is 7.46. The molecule has 3 rings (SSSR count). The highest BCUT2D eigenvalue weighted by atomic mass is 32.2. The van der Waals surface area contributed by atoms with Gasteiger partial charge in [-0.15, -0.1) is 0 Å². The maximum Gasteiger partial charge on any atom is 0.303 e. The van der Waals surface area contributed by atoms with E-state index in [4.69, 9.17) is 5.11 Å². The van der Waals surface area contributed by atoms with Gasteiger partial charge in [-0.2, -0.15) is 4.31 Å². The first-order chi connectivity index (χ1) is 15.2. The normalized spacial score (nSPS) is 12.6. The molecule has 2 aromatic carbocycles. The van der Waals surface area contributed by atoms with Crippen LogP contribution in [0.4, 0.5) is 0 Å². The van der Waals surface area contributed by atoms with Crippen molar-refractivity contribution in [2.45, 2.75) is 44.6 Å². The SMILES string of the molecule is Cc1cccc(S(=O)(=O)N(CCCC(=O)O)C(C)c2cccc(-c3ccncc3C)c2)c1. The molecule has 0 saturated heterocycles. The number of pyridine rings is 1. The molecule has 0 aliphatic heterocycles. The van der Waals surface area contributed by atoms with Crippen LogP contribution in [0.1, 0.15) is 42.5 Å². The number of carboxylic acids is 1. The van der Waals surface area contributed by atoms with Crippen molar-refractivity contribution in [3.63, 3.8) is 0 Å². The number of sulfonamides is 1. The molecule has 0 aliphatic carbocycles. The van der Waals surface area contributed by atoms with E-state index in [1.807, 2.05) is 57.2 Å². The van der Waals surface area contributed by atoms with E-state index >= 15 is 0 Å². The summed E-state index contributed by atoms with van der Waals surface area (Å²) in [5.74, 6) is -0.944. The van der Waals surface area contributed by atoms with Crippen LogP contribution in [0.25, 0.3) is 11.1 Å². The highest BCUT2D eigenvalue weighted by Crippen LogP contribution is 2.31. The fourth-order valence-corrected chi connectivity index (χ4v) is 5.51. The molecule has 0 amide bonds. The topological polar surface area (TPSA) is 87.6 Å². The Morgan fingerprint density at radius 1 is 1.09 bits per heavy atom. The zero-order valence-corrected chi connectivity index (χ0v) is 19.3. The number of rotatable bonds is 9. The molecule has 1 atom stereocenters. The molecule has 0 saturated carbocycles. The van der Waals surface area contributed by atoms with Gasteiger partial charge in [0.2, 0.25) is 10.0 Å². The molecule has 0 radical (unpaired) electrons. The number of carbonyl (C=O) groups is 1. The molecule has 0 fully saturated rings. The second-order valence-corrected chi connectivity index (χ2v) is 9.81. The molecule has 168 valence electrons. The van der Waals surface area contributed by atoms with E-state index < -0.39 is 22.0 Å². The second kappa shape index (κ2) is 10.1. The standard InChI is InChI=1S/C25H28N2O4S/c1-18-7-4-10-23(15-18)32(30,31)27(14-6-11-25(28)29)20(3)21-8-5-9-22(16-21)24-12-13-26-17-19(24)2/h4-5,7-10,12-13,15-17,20H,6,11,14H2,1-3H3,(H,28,29). The van der Waals surface area contributed by atoms with E-state index in [1.54, 1.807) is 30.6 Å². The maximum absolute atomic E-state index is 13.6. The number of benzene rings is 2. The fraction of sp³-hybridized carbons (Fsp3) is 0.280. The fourth-order valence-electron chi connectivity index (χ4n) is 3.75. The van der Waals surface area contributed by atoms with Gasteiger partial charge in [0.15, 0.2) is 0 Å². The molecule has 1 N–H and O–H groups in total. The average Bonchev–Trinajstić information content (AvgIpc) is 2.76. The van der Waals surface area contributed by atoms with Crippen molar-refractivity contribution in [2.75, 3.05) is 6.54 Å². The lowest BCUT2D eigenvalue weighted by Gasteiger charge is -2.29. The Labute approximate surface area is 189 Å². The third-order valence-electron chi connectivity index (χ3n) is 5.50. The molecular formula is C25H28N2O4S. The Morgan fingerprint density at radius 2 is 1.84 bits per heavy atom. The molecular weight excluding hydrogens is 424 g/mol. The molecule has 0 aliphatic rings. The molecule has 0 bridgehead atoms. The zero-order valence-electron chi connectivity index (χ0n) is 18.5. The molecule has 1 unspecified atom stereocenters. The van der Waals surface area contributed by atoms with Gasteiger partial charge in [0.05, 0.1) is 4.90 Å². The highest BCUT2D eigenvalue weighted by Gasteiger charge is 2.30. The molecule has 0 spiro atoms.